The second kappa shape index (κ2) is 7.53. The molecular formula is C17H18ClN5O2S. The fraction of sp³-hybridized carbons (Fsp3) is 0.294. The Balaban J connectivity index is 1.51. The molecule has 0 atom stereocenters. The summed E-state index contributed by atoms with van der Waals surface area (Å²) in [6, 6.07) is 9.29. The van der Waals surface area contributed by atoms with Gasteiger partial charge in [-0.3, -0.25) is 9.89 Å². The molecule has 1 aliphatic heterocycles. The van der Waals surface area contributed by atoms with Crippen LogP contribution in [0.15, 0.2) is 35.1 Å². The minimum absolute atomic E-state index is 0.138. The average Bonchev–Trinajstić information content (AvgIpc) is 3.29. The van der Waals surface area contributed by atoms with Crippen molar-refractivity contribution in [1.29, 1.82) is 0 Å². The predicted molar refractivity (Wildman–Crippen MR) is 104 cm³/mol. The third-order valence-electron chi connectivity index (χ3n) is 4.14. The van der Waals surface area contributed by atoms with Gasteiger partial charge in [0.15, 0.2) is 0 Å². The molecule has 7 nitrogen and oxygen atoms in total. The predicted octanol–water partition coefficient (Wildman–Crippen LogP) is 2.93. The van der Waals surface area contributed by atoms with Crippen LogP contribution in [-0.4, -0.2) is 41.5 Å². The molecule has 3 N–H and O–H groups in total. The van der Waals surface area contributed by atoms with Crippen LogP contribution in [-0.2, 0) is 11.3 Å². The normalized spacial score (nSPS) is 14.6. The van der Waals surface area contributed by atoms with Crippen molar-refractivity contribution in [3.63, 3.8) is 0 Å². The first-order chi connectivity index (χ1) is 12.7. The summed E-state index contributed by atoms with van der Waals surface area (Å²) in [5, 5.41) is 10.5. The van der Waals surface area contributed by atoms with Gasteiger partial charge in [-0.05, 0) is 18.2 Å². The Hall–Kier alpha value is -2.29. The largest absolute Gasteiger partial charge is 0.378 e. The number of thiophene rings is 1. The Morgan fingerprint density at radius 3 is 2.88 bits per heavy atom. The Morgan fingerprint density at radius 2 is 2.12 bits per heavy atom. The second-order valence-electron chi connectivity index (χ2n) is 5.94. The van der Waals surface area contributed by atoms with Gasteiger partial charge >= 0.3 is 0 Å². The van der Waals surface area contributed by atoms with Gasteiger partial charge in [-0.2, -0.15) is 5.10 Å². The summed E-state index contributed by atoms with van der Waals surface area (Å²) < 4.78 is 6.14. The van der Waals surface area contributed by atoms with Crippen molar-refractivity contribution in [2.24, 2.45) is 0 Å². The molecule has 0 spiro atoms. The summed E-state index contributed by atoms with van der Waals surface area (Å²) in [5.74, 6) is 1.52. The van der Waals surface area contributed by atoms with Gasteiger partial charge in [-0.1, -0.05) is 11.6 Å². The van der Waals surface area contributed by atoms with Crippen LogP contribution in [0.4, 0.5) is 11.6 Å². The van der Waals surface area contributed by atoms with Gasteiger partial charge in [-0.25, -0.2) is 0 Å². The molecule has 0 radical (unpaired) electrons. The van der Waals surface area contributed by atoms with E-state index < -0.39 is 0 Å². The Bertz CT molecular complexity index is 945. The van der Waals surface area contributed by atoms with Crippen molar-refractivity contribution in [3.8, 4) is 11.3 Å². The summed E-state index contributed by atoms with van der Waals surface area (Å²) in [5.41, 5.74) is 1.45. The zero-order chi connectivity index (χ0) is 17.9. The molecule has 0 aromatic carbocycles. The van der Waals surface area contributed by atoms with E-state index in [2.05, 4.69) is 25.4 Å². The third-order valence-corrected chi connectivity index (χ3v) is 5.37. The number of nitrogens with zero attached hydrogens (tertiary/aromatic N) is 2. The van der Waals surface area contributed by atoms with Crippen LogP contribution in [0, 0.1) is 0 Å². The molecule has 0 aliphatic carbocycles. The maximum Gasteiger partial charge on any atom is 0.250 e. The number of rotatable bonds is 5. The van der Waals surface area contributed by atoms with Gasteiger partial charge in [0, 0.05) is 35.7 Å². The number of hydrogen-bond donors (Lipinski definition) is 3. The molecular weight excluding hydrogens is 374 g/mol. The van der Waals surface area contributed by atoms with Crippen LogP contribution in [0.2, 0.25) is 4.34 Å². The molecule has 136 valence electrons. The van der Waals surface area contributed by atoms with Crippen molar-refractivity contribution < 1.29 is 4.74 Å². The first kappa shape index (κ1) is 17.1. The number of H-pyrrole nitrogens is 2. The fourth-order valence-electron chi connectivity index (χ4n) is 2.84. The molecule has 0 saturated carbocycles. The fourth-order valence-corrected chi connectivity index (χ4v) is 3.87. The van der Waals surface area contributed by atoms with Gasteiger partial charge in [0.1, 0.15) is 11.6 Å². The van der Waals surface area contributed by atoms with E-state index in [0.717, 1.165) is 45.2 Å². The summed E-state index contributed by atoms with van der Waals surface area (Å²) in [7, 11) is 0. The lowest BCUT2D eigenvalue weighted by Gasteiger charge is -2.28. The number of nitrogens with one attached hydrogen (secondary N) is 3. The van der Waals surface area contributed by atoms with Crippen LogP contribution >= 0.6 is 22.9 Å². The molecule has 0 bridgehead atoms. The number of halogens is 1. The van der Waals surface area contributed by atoms with Gasteiger partial charge in [-0.15, -0.1) is 11.3 Å². The quantitative estimate of drug-likeness (QED) is 0.622. The standard InChI is InChI=1S/C17H18ClN5O2S/c18-14-2-1-12(26-14)10-19-15-9-13(21-22-15)11-7-16(20-17(24)8-11)23-3-5-25-6-4-23/h1-2,7-9H,3-6,10H2,(H,20,24)(H2,19,21,22). The third kappa shape index (κ3) is 3.92. The maximum atomic E-state index is 12.1. The number of morpholine rings is 1. The number of pyridine rings is 1. The van der Waals surface area contributed by atoms with Crippen molar-refractivity contribution >= 4 is 34.6 Å². The lowest BCUT2D eigenvalue weighted by Crippen LogP contribution is -2.37. The van der Waals surface area contributed by atoms with Crippen LogP contribution < -0.4 is 15.8 Å². The van der Waals surface area contributed by atoms with E-state index in [1.165, 1.54) is 11.3 Å². The minimum Gasteiger partial charge on any atom is -0.378 e. The molecule has 4 rings (SSSR count). The molecule has 0 amide bonds. The van der Waals surface area contributed by atoms with E-state index in [4.69, 9.17) is 16.3 Å². The van der Waals surface area contributed by atoms with Gasteiger partial charge in [0.05, 0.1) is 29.8 Å². The first-order valence-corrected chi connectivity index (χ1v) is 9.48. The lowest BCUT2D eigenvalue weighted by atomic mass is 10.2. The second-order valence-corrected chi connectivity index (χ2v) is 7.74. The highest BCUT2D eigenvalue weighted by Crippen LogP contribution is 2.24. The Kier molecular flexibility index (Phi) is 4.96. The van der Waals surface area contributed by atoms with E-state index >= 15 is 0 Å². The maximum absolute atomic E-state index is 12.1. The molecule has 4 heterocycles. The zero-order valence-electron chi connectivity index (χ0n) is 13.9. The van der Waals surface area contributed by atoms with E-state index in [-0.39, 0.29) is 5.56 Å². The monoisotopic (exact) mass is 391 g/mol. The number of hydrogen-bond acceptors (Lipinski definition) is 6. The van der Waals surface area contributed by atoms with Crippen LogP contribution in [0.25, 0.3) is 11.3 Å². The number of aromatic nitrogens is 3. The molecule has 1 fully saturated rings. The molecule has 0 unspecified atom stereocenters. The molecule has 3 aromatic rings. The highest BCUT2D eigenvalue weighted by molar-refractivity contribution is 7.16. The molecule has 1 saturated heterocycles. The highest BCUT2D eigenvalue weighted by atomic mass is 35.5. The lowest BCUT2D eigenvalue weighted by molar-refractivity contribution is 0.122. The van der Waals surface area contributed by atoms with E-state index in [9.17, 15) is 4.79 Å². The van der Waals surface area contributed by atoms with Crippen molar-refractivity contribution in [3.05, 3.63) is 49.9 Å². The highest BCUT2D eigenvalue weighted by Gasteiger charge is 2.14. The average molecular weight is 392 g/mol. The van der Waals surface area contributed by atoms with E-state index in [1.807, 2.05) is 24.3 Å². The van der Waals surface area contributed by atoms with Crippen LogP contribution in [0.3, 0.4) is 0 Å². The van der Waals surface area contributed by atoms with E-state index in [0.29, 0.717) is 19.8 Å². The first-order valence-electron chi connectivity index (χ1n) is 8.28. The van der Waals surface area contributed by atoms with Crippen LogP contribution in [0.5, 0.6) is 0 Å². The SMILES string of the molecule is O=c1cc(-c2cc(NCc3ccc(Cl)s3)n[nH]2)cc(N2CCOCC2)[nH]1. The molecule has 9 heteroatoms. The summed E-state index contributed by atoms with van der Waals surface area (Å²) in [6.45, 7) is 3.50. The smallest absolute Gasteiger partial charge is 0.250 e. The van der Waals surface area contributed by atoms with Gasteiger partial charge in [0.25, 0.3) is 0 Å². The van der Waals surface area contributed by atoms with Crippen molar-refractivity contribution in [2.45, 2.75) is 6.54 Å². The topological polar surface area (TPSA) is 86.0 Å². The number of ether oxygens (including phenoxy) is 1. The summed E-state index contributed by atoms with van der Waals surface area (Å²) in [4.78, 5) is 18.2. The molecule has 3 aromatic heterocycles. The summed E-state index contributed by atoms with van der Waals surface area (Å²) in [6.07, 6.45) is 0. The number of anilines is 2. The van der Waals surface area contributed by atoms with Crippen molar-refractivity contribution in [2.75, 3.05) is 36.5 Å². The number of aromatic amines is 2. The zero-order valence-corrected chi connectivity index (χ0v) is 15.5. The Labute approximate surface area is 159 Å². The van der Waals surface area contributed by atoms with Gasteiger partial charge in [0.2, 0.25) is 5.56 Å². The Morgan fingerprint density at radius 1 is 1.27 bits per heavy atom. The summed E-state index contributed by atoms with van der Waals surface area (Å²) >= 11 is 7.48. The minimum atomic E-state index is -0.138. The van der Waals surface area contributed by atoms with Crippen molar-refractivity contribution in [1.82, 2.24) is 15.2 Å². The van der Waals surface area contributed by atoms with E-state index in [1.54, 1.807) is 6.07 Å². The van der Waals surface area contributed by atoms with Gasteiger partial charge < -0.3 is 19.9 Å². The molecule has 26 heavy (non-hydrogen) atoms. The molecule has 1 aliphatic rings. The van der Waals surface area contributed by atoms with Crippen LogP contribution in [0.1, 0.15) is 4.88 Å².